The van der Waals surface area contributed by atoms with E-state index in [-0.39, 0.29) is 30.7 Å². The molecule has 0 saturated carbocycles. The standard InChI is InChI=1S/C21H24N2O4/c1-14(21(26)27-3)12-22(2)20(25)16-11-19(24)23(13-16)18-10-6-8-15-7-4-5-9-17(15)18/h4-10,14,16H,11-13H2,1-3H3/t14-,16+/m1/s1. The number of methoxy groups -OCH3 is 1. The number of rotatable bonds is 5. The Labute approximate surface area is 158 Å². The molecule has 0 aliphatic carbocycles. The van der Waals surface area contributed by atoms with E-state index in [1.165, 1.54) is 12.0 Å². The highest BCUT2D eigenvalue weighted by Crippen LogP contribution is 2.32. The number of carbonyl (C=O) groups is 3. The van der Waals surface area contributed by atoms with Crippen LogP contribution < -0.4 is 4.90 Å². The predicted octanol–water partition coefficient (Wildman–Crippen LogP) is 2.46. The molecule has 0 bridgehead atoms. The van der Waals surface area contributed by atoms with Gasteiger partial charge in [-0.1, -0.05) is 43.3 Å². The molecule has 6 nitrogen and oxygen atoms in total. The van der Waals surface area contributed by atoms with Gasteiger partial charge in [0.05, 0.1) is 24.6 Å². The van der Waals surface area contributed by atoms with Crippen molar-refractivity contribution in [2.24, 2.45) is 11.8 Å². The second-order valence-corrected chi connectivity index (χ2v) is 7.05. The molecule has 1 fully saturated rings. The largest absolute Gasteiger partial charge is 0.469 e. The zero-order valence-corrected chi connectivity index (χ0v) is 15.8. The lowest BCUT2D eigenvalue weighted by molar-refractivity contribution is -0.146. The molecule has 0 aromatic heterocycles. The fourth-order valence-electron chi connectivity index (χ4n) is 3.64. The number of nitrogens with zero attached hydrogens (tertiary/aromatic N) is 2. The first kappa shape index (κ1) is 18.9. The van der Waals surface area contributed by atoms with E-state index in [4.69, 9.17) is 4.74 Å². The fraction of sp³-hybridized carbons (Fsp3) is 0.381. The van der Waals surface area contributed by atoms with Gasteiger partial charge in [-0.3, -0.25) is 14.4 Å². The normalized spacial score (nSPS) is 17.8. The number of carbonyl (C=O) groups excluding carboxylic acids is 3. The average Bonchev–Trinajstić information content (AvgIpc) is 3.07. The molecule has 2 amide bonds. The van der Waals surface area contributed by atoms with Crippen LogP contribution in [0.3, 0.4) is 0 Å². The van der Waals surface area contributed by atoms with E-state index in [1.807, 2.05) is 42.5 Å². The number of hydrogen-bond donors (Lipinski definition) is 0. The topological polar surface area (TPSA) is 66.9 Å². The van der Waals surface area contributed by atoms with Crippen molar-refractivity contribution >= 4 is 34.2 Å². The third-order valence-electron chi connectivity index (χ3n) is 5.06. The number of esters is 1. The van der Waals surface area contributed by atoms with Gasteiger partial charge in [-0.05, 0) is 11.5 Å². The number of anilines is 1. The van der Waals surface area contributed by atoms with Crippen molar-refractivity contribution in [3.63, 3.8) is 0 Å². The number of ether oxygens (including phenoxy) is 1. The van der Waals surface area contributed by atoms with Gasteiger partial charge in [0.1, 0.15) is 0 Å². The van der Waals surface area contributed by atoms with Gasteiger partial charge in [0.2, 0.25) is 11.8 Å². The lowest BCUT2D eigenvalue weighted by atomic mass is 10.1. The zero-order valence-electron chi connectivity index (χ0n) is 15.8. The number of benzene rings is 2. The Balaban J connectivity index is 1.75. The minimum atomic E-state index is -0.411. The van der Waals surface area contributed by atoms with Gasteiger partial charge in [-0.2, -0.15) is 0 Å². The van der Waals surface area contributed by atoms with Crippen molar-refractivity contribution in [2.75, 3.05) is 32.1 Å². The van der Waals surface area contributed by atoms with Crippen LogP contribution in [-0.2, 0) is 19.1 Å². The van der Waals surface area contributed by atoms with Crippen molar-refractivity contribution < 1.29 is 19.1 Å². The Morgan fingerprint density at radius 2 is 1.93 bits per heavy atom. The molecule has 1 saturated heterocycles. The molecule has 142 valence electrons. The maximum atomic E-state index is 12.8. The molecule has 0 radical (unpaired) electrons. The van der Waals surface area contributed by atoms with Crippen LogP contribution in [0.5, 0.6) is 0 Å². The molecule has 1 heterocycles. The van der Waals surface area contributed by atoms with Gasteiger partial charge in [0.25, 0.3) is 0 Å². The van der Waals surface area contributed by atoms with Crippen LogP contribution in [0.15, 0.2) is 42.5 Å². The van der Waals surface area contributed by atoms with E-state index in [0.29, 0.717) is 6.54 Å². The molecule has 1 aliphatic heterocycles. The minimum absolute atomic E-state index is 0.0564. The average molecular weight is 368 g/mol. The maximum Gasteiger partial charge on any atom is 0.310 e. The molecule has 2 atom stereocenters. The van der Waals surface area contributed by atoms with Crippen molar-refractivity contribution in [3.8, 4) is 0 Å². The summed E-state index contributed by atoms with van der Waals surface area (Å²) in [6.07, 6.45) is 0.180. The van der Waals surface area contributed by atoms with Crippen LogP contribution in [0.1, 0.15) is 13.3 Å². The highest BCUT2D eigenvalue weighted by molar-refractivity contribution is 6.07. The summed E-state index contributed by atoms with van der Waals surface area (Å²) in [5, 5.41) is 2.05. The SMILES string of the molecule is COC(=O)[C@H](C)CN(C)C(=O)[C@H]1CC(=O)N(c2cccc3ccccc23)C1. The molecule has 2 aromatic carbocycles. The zero-order chi connectivity index (χ0) is 19.6. The molecule has 2 aromatic rings. The fourth-order valence-corrected chi connectivity index (χ4v) is 3.64. The molecule has 0 unspecified atom stereocenters. The summed E-state index contributed by atoms with van der Waals surface area (Å²) in [6.45, 7) is 2.34. The maximum absolute atomic E-state index is 12.8. The summed E-state index contributed by atoms with van der Waals surface area (Å²) in [4.78, 5) is 40.2. The highest BCUT2D eigenvalue weighted by Gasteiger charge is 2.37. The second-order valence-electron chi connectivity index (χ2n) is 7.05. The molecular weight excluding hydrogens is 344 g/mol. The lowest BCUT2D eigenvalue weighted by Gasteiger charge is -2.24. The van der Waals surface area contributed by atoms with E-state index in [9.17, 15) is 14.4 Å². The third kappa shape index (κ3) is 3.79. The van der Waals surface area contributed by atoms with Gasteiger partial charge >= 0.3 is 5.97 Å². The van der Waals surface area contributed by atoms with E-state index < -0.39 is 11.8 Å². The van der Waals surface area contributed by atoms with E-state index in [2.05, 4.69) is 0 Å². The van der Waals surface area contributed by atoms with Crippen LogP contribution in [0.2, 0.25) is 0 Å². The Bertz CT molecular complexity index is 874. The highest BCUT2D eigenvalue weighted by atomic mass is 16.5. The van der Waals surface area contributed by atoms with Gasteiger partial charge in [-0.15, -0.1) is 0 Å². The summed E-state index contributed by atoms with van der Waals surface area (Å²) >= 11 is 0. The number of amides is 2. The molecule has 3 rings (SSSR count). The number of hydrogen-bond acceptors (Lipinski definition) is 4. The van der Waals surface area contributed by atoms with Gasteiger partial charge < -0.3 is 14.5 Å². The quantitative estimate of drug-likeness (QED) is 0.761. The first-order valence-corrected chi connectivity index (χ1v) is 9.03. The van der Waals surface area contributed by atoms with Gasteiger partial charge in [0.15, 0.2) is 0 Å². The molecule has 0 spiro atoms. The third-order valence-corrected chi connectivity index (χ3v) is 5.06. The lowest BCUT2D eigenvalue weighted by Crippen LogP contribution is -2.38. The van der Waals surface area contributed by atoms with E-state index in [1.54, 1.807) is 18.9 Å². The van der Waals surface area contributed by atoms with E-state index in [0.717, 1.165) is 16.5 Å². The van der Waals surface area contributed by atoms with Gasteiger partial charge in [-0.25, -0.2) is 0 Å². The van der Waals surface area contributed by atoms with Crippen LogP contribution >= 0.6 is 0 Å². The summed E-state index contributed by atoms with van der Waals surface area (Å²) < 4.78 is 4.71. The second kappa shape index (κ2) is 7.78. The van der Waals surface area contributed by atoms with Crippen LogP contribution in [-0.4, -0.2) is 49.9 Å². The Hall–Kier alpha value is -2.89. The summed E-state index contributed by atoms with van der Waals surface area (Å²) in [7, 11) is 2.99. The van der Waals surface area contributed by atoms with Crippen molar-refractivity contribution in [1.29, 1.82) is 0 Å². The van der Waals surface area contributed by atoms with Crippen LogP contribution in [0.25, 0.3) is 10.8 Å². The smallest absolute Gasteiger partial charge is 0.310 e. The van der Waals surface area contributed by atoms with E-state index >= 15 is 0 Å². The summed E-state index contributed by atoms with van der Waals surface area (Å²) in [5.41, 5.74) is 0.832. The summed E-state index contributed by atoms with van der Waals surface area (Å²) in [5.74, 6) is -1.35. The molecule has 1 aliphatic rings. The van der Waals surface area contributed by atoms with Crippen LogP contribution in [0, 0.1) is 11.8 Å². The molecule has 0 N–H and O–H groups in total. The Morgan fingerprint density at radius 3 is 2.67 bits per heavy atom. The Kier molecular flexibility index (Phi) is 5.44. The molecule has 6 heteroatoms. The predicted molar refractivity (Wildman–Crippen MR) is 103 cm³/mol. The monoisotopic (exact) mass is 368 g/mol. The van der Waals surface area contributed by atoms with Crippen molar-refractivity contribution in [3.05, 3.63) is 42.5 Å². The summed E-state index contributed by atoms with van der Waals surface area (Å²) in [6, 6.07) is 13.7. The van der Waals surface area contributed by atoms with Crippen molar-refractivity contribution in [1.82, 2.24) is 4.90 Å². The van der Waals surface area contributed by atoms with Gasteiger partial charge in [0, 0.05) is 31.9 Å². The number of fused-ring (bicyclic) bond motifs is 1. The first-order valence-electron chi connectivity index (χ1n) is 9.03. The van der Waals surface area contributed by atoms with Crippen molar-refractivity contribution in [2.45, 2.75) is 13.3 Å². The first-order chi connectivity index (χ1) is 12.9. The minimum Gasteiger partial charge on any atom is -0.469 e. The molecular formula is C21H24N2O4. The Morgan fingerprint density at radius 1 is 1.22 bits per heavy atom. The van der Waals surface area contributed by atoms with Crippen LogP contribution in [0.4, 0.5) is 5.69 Å². The molecule has 27 heavy (non-hydrogen) atoms.